The van der Waals surface area contributed by atoms with E-state index in [4.69, 9.17) is 27.4 Å². The summed E-state index contributed by atoms with van der Waals surface area (Å²) in [5, 5.41) is 0.510. The van der Waals surface area contributed by atoms with Crippen LogP contribution in [0.3, 0.4) is 0 Å². The highest BCUT2D eigenvalue weighted by molar-refractivity contribution is 9.10. The highest BCUT2D eigenvalue weighted by Crippen LogP contribution is 2.30. The third-order valence-corrected chi connectivity index (χ3v) is 4.52. The molecule has 0 spiro atoms. The molecule has 0 atom stereocenters. The van der Waals surface area contributed by atoms with Gasteiger partial charge in [-0.1, -0.05) is 39.1 Å². The molecule has 0 unspecified atom stereocenters. The Morgan fingerprint density at radius 1 is 1.00 bits per heavy atom. The van der Waals surface area contributed by atoms with E-state index in [1.807, 2.05) is 0 Å². The first-order valence-corrected chi connectivity index (χ1v) is 7.99. The molecule has 7 heteroatoms. The van der Waals surface area contributed by atoms with Crippen molar-refractivity contribution in [1.29, 1.82) is 0 Å². The second-order valence-electron chi connectivity index (χ2n) is 3.57. The fourth-order valence-corrected chi connectivity index (χ4v) is 2.88. The first kappa shape index (κ1) is 14.7. The predicted octanol–water partition coefficient (Wildman–Crippen LogP) is 4.52. The zero-order valence-electron chi connectivity index (χ0n) is 9.31. The Balaban J connectivity index is 2.36. The van der Waals surface area contributed by atoms with Crippen molar-refractivity contribution in [2.75, 3.05) is 0 Å². The smallest absolute Gasteiger partial charge is 0.339 e. The second-order valence-corrected chi connectivity index (χ2v) is 6.87. The molecule has 0 saturated carbocycles. The normalized spacial score (nSPS) is 11.3. The van der Waals surface area contributed by atoms with Crippen molar-refractivity contribution in [3.8, 4) is 5.75 Å². The molecule has 19 heavy (non-hydrogen) atoms. The van der Waals surface area contributed by atoms with E-state index in [0.717, 1.165) is 4.47 Å². The van der Waals surface area contributed by atoms with E-state index in [1.54, 1.807) is 18.2 Å². The third-order valence-electron chi connectivity index (χ3n) is 2.20. The molecule has 0 aliphatic rings. The van der Waals surface area contributed by atoms with Crippen LogP contribution < -0.4 is 4.18 Å². The molecule has 0 aromatic heterocycles. The molecule has 0 amide bonds. The summed E-state index contributed by atoms with van der Waals surface area (Å²) in [6, 6.07) is 10.4. The number of benzene rings is 2. The quantitative estimate of drug-likeness (QED) is 0.734. The predicted molar refractivity (Wildman–Crippen MR) is 78.4 cm³/mol. The topological polar surface area (TPSA) is 43.4 Å². The molecular formula is C12H7BrCl2O3S. The molecule has 0 heterocycles. The van der Waals surface area contributed by atoms with Gasteiger partial charge >= 0.3 is 10.1 Å². The van der Waals surface area contributed by atoms with Gasteiger partial charge in [-0.2, -0.15) is 8.42 Å². The fraction of sp³-hybridized carbons (Fsp3) is 0. The van der Waals surface area contributed by atoms with Gasteiger partial charge in [0.25, 0.3) is 0 Å². The van der Waals surface area contributed by atoms with Crippen LogP contribution >= 0.6 is 39.1 Å². The lowest BCUT2D eigenvalue weighted by Gasteiger charge is -2.08. The molecule has 0 bridgehead atoms. The summed E-state index contributed by atoms with van der Waals surface area (Å²) in [6.07, 6.45) is 0. The number of hydrogen-bond acceptors (Lipinski definition) is 3. The van der Waals surface area contributed by atoms with Crippen LogP contribution in [0, 0.1) is 0 Å². The van der Waals surface area contributed by atoms with E-state index in [-0.39, 0.29) is 15.7 Å². The first-order chi connectivity index (χ1) is 8.88. The van der Waals surface area contributed by atoms with Crippen LogP contribution in [-0.4, -0.2) is 8.42 Å². The van der Waals surface area contributed by atoms with Gasteiger partial charge in [0.05, 0.1) is 5.02 Å². The largest absolute Gasteiger partial charge is 0.377 e. The summed E-state index contributed by atoms with van der Waals surface area (Å²) in [4.78, 5) is 0.0340. The molecular weight excluding hydrogens is 375 g/mol. The Labute approximate surface area is 129 Å². The monoisotopic (exact) mass is 380 g/mol. The third kappa shape index (κ3) is 3.63. The van der Waals surface area contributed by atoms with E-state index in [0.29, 0.717) is 5.02 Å². The number of hydrogen-bond donors (Lipinski definition) is 0. The van der Waals surface area contributed by atoms with E-state index >= 15 is 0 Å². The molecule has 0 radical (unpaired) electrons. The zero-order valence-corrected chi connectivity index (χ0v) is 13.2. The first-order valence-electron chi connectivity index (χ1n) is 5.03. The van der Waals surface area contributed by atoms with Gasteiger partial charge in [-0.05, 0) is 36.4 Å². The molecule has 0 aliphatic carbocycles. The molecule has 2 aromatic carbocycles. The van der Waals surface area contributed by atoms with Gasteiger partial charge in [-0.25, -0.2) is 0 Å². The van der Waals surface area contributed by atoms with Crippen molar-refractivity contribution in [3.63, 3.8) is 0 Å². The summed E-state index contributed by atoms with van der Waals surface area (Å²) in [5.41, 5.74) is 0. The lowest BCUT2D eigenvalue weighted by molar-refractivity contribution is 0.486. The van der Waals surface area contributed by atoms with Crippen LogP contribution in [-0.2, 0) is 10.1 Å². The van der Waals surface area contributed by atoms with Crippen molar-refractivity contribution < 1.29 is 12.6 Å². The highest BCUT2D eigenvalue weighted by Gasteiger charge is 2.18. The molecule has 0 N–H and O–H groups in total. The van der Waals surface area contributed by atoms with Gasteiger partial charge in [-0.15, -0.1) is 0 Å². The molecule has 2 rings (SSSR count). The maximum Gasteiger partial charge on any atom is 0.339 e. The highest BCUT2D eigenvalue weighted by atomic mass is 79.9. The number of rotatable bonds is 3. The zero-order chi connectivity index (χ0) is 14.0. The number of halogens is 3. The minimum atomic E-state index is -3.93. The summed E-state index contributed by atoms with van der Waals surface area (Å²) >= 11 is 14.9. The Morgan fingerprint density at radius 2 is 1.63 bits per heavy atom. The van der Waals surface area contributed by atoms with E-state index < -0.39 is 10.1 Å². The molecule has 0 aliphatic heterocycles. The average molecular weight is 382 g/mol. The Morgan fingerprint density at radius 3 is 2.26 bits per heavy atom. The SMILES string of the molecule is O=S(=O)(Oc1cc(Cl)ccc1Cl)c1ccc(Br)cc1. The van der Waals surface area contributed by atoms with Crippen molar-refractivity contribution in [3.05, 3.63) is 57.0 Å². The summed E-state index contributed by atoms with van der Waals surface area (Å²) < 4.78 is 29.8. The van der Waals surface area contributed by atoms with Gasteiger partial charge in [0.1, 0.15) is 4.90 Å². The van der Waals surface area contributed by atoms with Crippen LogP contribution in [0.25, 0.3) is 0 Å². The maximum absolute atomic E-state index is 12.0. The van der Waals surface area contributed by atoms with E-state index in [9.17, 15) is 8.42 Å². The molecule has 3 nitrogen and oxygen atoms in total. The van der Waals surface area contributed by atoms with Gasteiger partial charge in [0.15, 0.2) is 5.75 Å². The molecule has 2 aromatic rings. The summed E-state index contributed by atoms with van der Waals surface area (Å²) in [7, 11) is -3.93. The van der Waals surface area contributed by atoms with Crippen molar-refractivity contribution in [1.82, 2.24) is 0 Å². The van der Waals surface area contributed by atoms with Crippen LogP contribution in [0.1, 0.15) is 0 Å². The summed E-state index contributed by atoms with van der Waals surface area (Å²) in [6.45, 7) is 0. The van der Waals surface area contributed by atoms with Gasteiger partial charge in [-0.3, -0.25) is 0 Å². The van der Waals surface area contributed by atoms with Crippen LogP contribution in [0.4, 0.5) is 0 Å². The van der Waals surface area contributed by atoms with Crippen LogP contribution in [0.5, 0.6) is 5.75 Å². The fourth-order valence-electron chi connectivity index (χ4n) is 1.31. The summed E-state index contributed by atoms with van der Waals surface area (Å²) in [5.74, 6) is -0.00270. The average Bonchev–Trinajstić information content (AvgIpc) is 2.34. The Bertz CT molecular complexity index is 699. The van der Waals surface area contributed by atoms with Crippen molar-refractivity contribution in [2.24, 2.45) is 0 Å². The van der Waals surface area contributed by atoms with Crippen molar-refractivity contribution in [2.45, 2.75) is 4.90 Å². The maximum atomic E-state index is 12.0. The molecule has 0 saturated heterocycles. The second kappa shape index (κ2) is 5.71. The molecule has 0 fully saturated rings. The van der Waals surface area contributed by atoms with E-state index in [1.165, 1.54) is 24.3 Å². The van der Waals surface area contributed by atoms with E-state index in [2.05, 4.69) is 15.9 Å². The molecule has 100 valence electrons. The van der Waals surface area contributed by atoms with Gasteiger partial charge in [0, 0.05) is 15.6 Å². The van der Waals surface area contributed by atoms with Gasteiger partial charge < -0.3 is 4.18 Å². The lowest BCUT2D eigenvalue weighted by atomic mass is 10.3. The Kier molecular flexibility index (Phi) is 4.40. The van der Waals surface area contributed by atoms with Crippen LogP contribution in [0.15, 0.2) is 51.8 Å². The minimum absolute atomic E-state index is 0.00270. The minimum Gasteiger partial charge on any atom is -0.377 e. The standard InChI is InChI=1S/C12H7BrCl2O3S/c13-8-1-4-10(5-2-8)19(16,17)18-12-7-9(14)3-6-11(12)15/h1-7H. The van der Waals surface area contributed by atoms with Crippen molar-refractivity contribution >= 4 is 49.2 Å². The lowest BCUT2D eigenvalue weighted by Crippen LogP contribution is -2.09. The van der Waals surface area contributed by atoms with Crippen LogP contribution in [0.2, 0.25) is 10.0 Å². The van der Waals surface area contributed by atoms with Gasteiger partial charge in [0.2, 0.25) is 0 Å². The Hall–Kier alpha value is -0.750.